The summed E-state index contributed by atoms with van der Waals surface area (Å²) >= 11 is 0. The Morgan fingerprint density at radius 3 is 2.23 bits per heavy atom. The maximum atomic E-state index is 13.4. The van der Waals surface area contributed by atoms with Gasteiger partial charge in [-0.05, 0) is 76.6 Å². The fraction of sp³-hybridized carbons (Fsp3) is 0.325. The molecule has 3 N–H and O–H groups in total. The molecular weight excluding hydrogens is 658 g/mol. The number of anilines is 3. The molecule has 3 aromatic carbocycles. The van der Waals surface area contributed by atoms with Crippen LogP contribution in [0.2, 0.25) is 0 Å². The first kappa shape index (κ1) is 37.3. The Bertz CT molecular complexity index is 2080. The van der Waals surface area contributed by atoms with Crippen molar-refractivity contribution in [2.75, 3.05) is 23.0 Å². The fourth-order valence-electron chi connectivity index (χ4n) is 5.19. The van der Waals surface area contributed by atoms with Gasteiger partial charge >= 0.3 is 12.1 Å². The molecule has 52 heavy (non-hydrogen) atoms. The second-order valence-corrected chi connectivity index (χ2v) is 14.7. The van der Waals surface area contributed by atoms with E-state index in [-0.39, 0.29) is 12.0 Å². The summed E-state index contributed by atoms with van der Waals surface area (Å²) in [6.45, 7) is 15.4. The molecule has 0 aliphatic carbocycles. The number of nitrogens with zero attached hydrogens (tertiary/aromatic N) is 4. The van der Waals surface area contributed by atoms with Crippen molar-refractivity contribution < 1.29 is 23.9 Å². The third-order valence-electron chi connectivity index (χ3n) is 8.24. The van der Waals surface area contributed by atoms with Gasteiger partial charge in [0.2, 0.25) is 5.91 Å². The Hall–Kier alpha value is -5.91. The first-order valence-electron chi connectivity index (χ1n) is 17.1. The van der Waals surface area contributed by atoms with Crippen LogP contribution in [0.3, 0.4) is 0 Å². The number of nitrogens with one attached hydrogen (secondary N) is 3. The van der Waals surface area contributed by atoms with Crippen LogP contribution in [-0.4, -0.2) is 56.4 Å². The fourth-order valence-corrected chi connectivity index (χ4v) is 5.19. The smallest absolute Gasteiger partial charge is 0.410 e. The van der Waals surface area contributed by atoms with Crippen LogP contribution in [0, 0.1) is 6.92 Å². The summed E-state index contributed by atoms with van der Waals surface area (Å²) in [7, 11) is 1.51. The first-order valence-corrected chi connectivity index (χ1v) is 17.1. The SMILES string of the molecule is Cc1ccc(-n2nc(C(C)(C)C)cc2NC(=O)Nc2ccc(OCc3ccnc(NC(=O)C(C)N(C)C(=O)OC(C)(C)C)c3)c3ccccc23)cc1. The van der Waals surface area contributed by atoms with Crippen LogP contribution in [-0.2, 0) is 21.6 Å². The van der Waals surface area contributed by atoms with Gasteiger partial charge in [-0.2, -0.15) is 5.10 Å². The minimum atomic E-state index is -0.798. The average Bonchev–Trinajstić information content (AvgIpc) is 3.51. The van der Waals surface area contributed by atoms with E-state index in [9.17, 15) is 14.4 Å². The summed E-state index contributed by atoms with van der Waals surface area (Å²) in [6.07, 6.45) is 0.981. The van der Waals surface area contributed by atoms with Crippen molar-refractivity contribution in [2.24, 2.45) is 0 Å². The molecule has 0 radical (unpaired) electrons. The van der Waals surface area contributed by atoms with Crippen LogP contribution in [0.1, 0.15) is 65.3 Å². The number of hydrogen-bond acceptors (Lipinski definition) is 7. The van der Waals surface area contributed by atoms with Crippen molar-refractivity contribution in [3.63, 3.8) is 0 Å². The molecule has 2 aromatic heterocycles. The highest BCUT2D eigenvalue weighted by Gasteiger charge is 2.27. The number of carbonyl (C=O) groups is 3. The maximum absolute atomic E-state index is 13.4. The van der Waals surface area contributed by atoms with Crippen molar-refractivity contribution in [1.82, 2.24) is 19.7 Å². The molecule has 0 aliphatic rings. The highest BCUT2D eigenvalue weighted by molar-refractivity contribution is 6.07. The zero-order chi connectivity index (χ0) is 37.8. The van der Waals surface area contributed by atoms with E-state index in [2.05, 4.69) is 41.7 Å². The Kier molecular flexibility index (Phi) is 10.9. The zero-order valence-electron chi connectivity index (χ0n) is 31.2. The lowest BCUT2D eigenvalue weighted by atomic mass is 9.92. The van der Waals surface area contributed by atoms with E-state index in [0.29, 0.717) is 23.1 Å². The van der Waals surface area contributed by atoms with Crippen LogP contribution < -0.4 is 20.7 Å². The van der Waals surface area contributed by atoms with Crippen LogP contribution in [0.25, 0.3) is 16.5 Å². The van der Waals surface area contributed by atoms with Gasteiger partial charge in [0, 0.05) is 35.5 Å². The molecule has 5 aromatic rings. The van der Waals surface area contributed by atoms with Crippen LogP contribution >= 0.6 is 0 Å². The molecular formula is C40H47N7O5. The Morgan fingerprint density at radius 2 is 1.56 bits per heavy atom. The number of aryl methyl sites for hydroxylation is 1. The highest BCUT2D eigenvalue weighted by Crippen LogP contribution is 2.33. The number of hydrogen-bond donors (Lipinski definition) is 3. The Morgan fingerprint density at radius 1 is 0.865 bits per heavy atom. The lowest BCUT2D eigenvalue weighted by molar-refractivity contribution is -0.120. The van der Waals surface area contributed by atoms with Gasteiger partial charge in [-0.1, -0.05) is 62.7 Å². The topological polar surface area (TPSA) is 140 Å². The van der Waals surface area contributed by atoms with E-state index in [1.54, 1.807) is 56.8 Å². The van der Waals surface area contributed by atoms with Gasteiger partial charge in [0.15, 0.2) is 0 Å². The molecule has 0 saturated heterocycles. The van der Waals surface area contributed by atoms with E-state index >= 15 is 0 Å². The van der Waals surface area contributed by atoms with Crippen molar-refractivity contribution >= 4 is 46.1 Å². The van der Waals surface area contributed by atoms with E-state index in [1.165, 1.54) is 11.9 Å². The van der Waals surface area contributed by atoms with Gasteiger partial charge < -0.3 is 20.1 Å². The molecule has 2 heterocycles. The number of likely N-dealkylation sites (N-methyl/N-ethyl adjacent to an activating group) is 1. The number of rotatable bonds is 9. The minimum Gasteiger partial charge on any atom is -0.488 e. The summed E-state index contributed by atoms with van der Waals surface area (Å²) in [5, 5.41) is 15.2. The van der Waals surface area contributed by atoms with Gasteiger partial charge in [0.1, 0.15) is 35.6 Å². The largest absolute Gasteiger partial charge is 0.488 e. The van der Waals surface area contributed by atoms with E-state index in [1.807, 2.05) is 67.6 Å². The predicted molar refractivity (Wildman–Crippen MR) is 204 cm³/mol. The summed E-state index contributed by atoms with van der Waals surface area (Å²) in [5.74, 6) is 1.08. The number of carbonyl (C=O) groups excluding carboxylic acids is 3. The number of fused-ring (bicyclic) bond motifs is 1. The van der Waals surface area contributed by atoms with E-state index in [0.717, 1.165) is 33.3 Å². The molecule has 0 bridgehead atoms. The molecule has 0 fully saturated rings. The van der Waals surface area contributed by atoms with Crippen LogP contribution in [0.5, 0.6) is 5.75 Å². The molecule has 1 unspecified atom stereocenters. The Labute approximate surface area is 304 Å². The molecule has 4 amide bonds. The minimum absolute atomic E-state index is 0.190. The molecule has 272 valence electrons. The number of aromatic nitrogens is 3. The lowest BCUT2D eigenvalue weighted by Gasteiger charge is -2.28. The van der Waals surface area contributed by atoms with E-state index < -0.39 is 29.7 Å². The molecule has 12 nitrogen and oxygen atoms in total. The summed E-state index contributed by atoms with van der Waals surface area (Å²) in [5.41, 5.74) is 3.29. The third-order valence-corrected chi connectivity index (χ3v) is 8.24. The van der Waals surface area contributed by atoms with Crippen molar-refractivity contribution in [1.29, 1.82) is 0 Å². The number of benzene rings is 3. The maximum Gasteiger partial charge on any atom is 0.410 e. The first-order chi connectivity index (χ1) is 24.5. The number of urea groups is 1. The quantitative estimate of drug-likeness (QED) is 0.140. The molecule has 0 saturated carbocycles. The summed E-state index contributed by atoms with van der Waals surface area (Å²) < 4.78 is 13.4. The zero-order valence-corrected chi connectivity index (χ0v) is 31.2. The van der Waals surface area contributed by atoms with E-state index in [4.69, 9.17) is 14.6 Å². The second-order valence-electron chi connectivity index (χ2n) is 14.7. The summed E-state index contributed by atoms with van der Waals surface area (Å²) in [6, 6.07) is 23.4. The lowest BCUT2D eigenvalue weighted by Crippen LogP contribution is -2.45. The molecule has 1 atom stereocenters. The van der Waals surface area contributed by atoms with Crippen molar-refractivity contribution in [3.05, 3.63) is 102 Å². The van der Waals surface area contributed by atoms with Gasteiger partial charge in [-0.25, -0.2) is 19.3 Å². The third kappa shape index (κ3) is 9.25. The van der Waals surface area contributed by atoms with Crippen LogP contribution in [0.4, 0.5) is 26.9 Å². The average molecular weight is 706 g/mol. The van der Waals surface area contributed by atoms with Gasteiger partial charge in [-0.15, -0.1) is 0 Å². The number of amides is 4. The monoisotopic (exact) mass is 705 g/mol. The standard InChI is InChI=1S/C40H47N7O5/c1-25-14-16-28(17-15-25)47-35(23-33(45-47)39(3,4)5)44-37(49)42-31-18-19-32(30-13-11-10-12-29(30)31)51-24-27-20-21-41-34(22-27)43-36(48)26(2)46(9)38(50)52-40(6,7)8/h10-23,26H,24H2,1-9H3,(H,41,43,48)(H2,42,44,49). The normalized spacial score (nSPS) is 12.2. The predicted octanol–water partition coefficient (Wildman–Crippen LogP) is 8.44. The van der Waals surface area contributed by atoms with Crippen LogP contribution in [0.15, 0.2) is 85.1 Å². The second kappa shape index (κ2) is 15.1. The highest BCUT2D eigenvalue weighted by atomic mass is 16.6. The van der Waals surface area contributed by atoms with Gasteiger partial charge in [0.05, 0.1) is 17.1 Å². The number of ether oxygens (including phenoxy) is 2. The summed E-state index contributed by atoms with van der Waals surface area (Å²) in [4.78, 5) is 44.3. The van der Waals surface area contributed by atoms with Gasteiger partial charge in [-0.3, -0.25) is 15.0 Å². The van der Waals surface area contributed by atoms with Crippen molar-refractivity contribution in [3.8, 4) is 11.4 Å². The Balaban J connectivity index is 1.27. The molecule has 0 aliphatic heterocycles. The molecule has 12 heteroatoms. The molecule has 5 rings (SSSR count). The number of pyridine rings is 1. The van der Waals surface area contributed by atoms with Gasteiger partial charge in [0.25, 0.3) is 0 Å². The van der Waals surface area contributed by atoms with Crippen molar-refractivity contribution in [2.45, 2.75) is 79.1 Å². The molecule has 0 spiro atoms.